The summed E-state index contributed by atoms with van der Waals surface area (Å²) in [5, 5.41) is 6.88. The predicted molar refractivity (Wildman–Crippen MR) is 91.9 cm³/mol. The molecule has 1 aliphatic carbocycles. The Morgan fingerprint density at radius 1 is 1.26 bits per heavy atom. The predicted octanol–water partition coefficient (Wildman–Crippen LogP) is 2.58. The van der Waals surface area contributed by atoms with E-state index >= 15 is 0 Å². The molecule has 2 aromatic heterocycles. The molecule has 0 aliphatic heterocycles. The summed E-state index contributed by atoms with van der Waals surface area (Å²) in [6.45, 7) is 0.452. The van der Waals surface area contributed by atoms with Gasteiger partial charge in [0.05, 0.1) is 5.54 Å². The van der Waals surface area contributed by atoms with E-state index in [4.69, 9.17) is 10.3 Å². The normalized spacial score (nSPS) is 15.3. The van der Waals surface area contributed by atoms with Crippen LogP contribution in [0.5, 0.6) is 0 Å². The van der Waals surface area contributed by atoms with E-state index in [1.54, 1.807) is 30.6 Å². The zero-order chi connectivity index (χ0) is 14.7. The summed E-state index contributed by atoms with van der Waals surface area (Å²) in [5.74, 6) is 0.321. The summed E-state index contributed by atoms with van der Waals surface area (Å²) in [4.78, 5) is 16.3. The molecule has 1 saturated carbocycles. The average molecular weight is 359 g/mol. The van der Waals surface area contributed by atoms with Crippen molar-refractivity contribution in [3.8, 4) is 11.3 Å². The molecule has 0 spiro atoms. The number of aromatic nitrogens is 2. The molecule has 2 heterocycles. The first-order valence-corrected chi connectivity index (χ1v) is 7.12. The third kappa shape index (κ3) is 4.22. The molecule has 1 fully saturated rings. The number of nitrogens with zero attached hydrogens (tertiary/aromatic N) is 2. The summed E-state index contributed by atoms with van der Waals surface area (Å²) in [6.07, 6.45) is 7.37. The van der Waals surface area contributed by atoms with E-state index in [9.17, 15) is 4.79 Å². The molecule has 23 heavy (non-hydrogen) atoms. The molecule has 1 amide bonds. The second kappa shape index (κ2) is 8.29. The highest BCUT2D eigenvalue weighted by Crippen LogP contribution is 2.29. The maximum atomic E-state index is 12.3. The van der Waals surface area contributed by atoms with Crippen molar-refractivity contribution in [1.82, 2.24) is 15.5 Å². The van der Waals surface area contributed by atoms with Crippen LogP contribution in [-0.2, 0) is 0 Å². The average Bonchev–Trinajstić information content (AvgIpc) is 3.18. The molecular formula is C15H20Cl2N4O2. The van der Waals surface area contributed by atoms with E-state index in [1.165, 1.54) is 0 Å². The van der Waals surface area contributed by atoms with E-state index in [0.717, 1.165) is 31.2 Å². The first-order valence-electron chi connectivity index (χ1n) is 7.12. The smallest absolute Gasteiger partial charge is 0.273 e. The molecule has 8 heteroatoms. The largest absolute Gasteiger partial charge is 0.355 e. The van der Waals surface area contributed by atoms with Gasteiger partial charge in [-0.2, -0.15) is 0 Å². The molecule has 0 atom stereocenters. The van der Waals surface area contributed by atoms with Crippen LogP contribution in [0, 0.1) is 0 Å². The van der Waals surface area contributed by atoms with Crippen LogP contribution in [0.1, 0.15) is 36.2 Å². The highest BCUT2D eigenvalue weighted by atomic mass is 35.5. The van der Waals surface area contributed by atoms with Gasteiger partial charge in [0.2, 0.25) is 0 Å². The Morgan fingerprint density at radius 3 is 2.52 bits per heavy atom. The summed E-state index contributed by atoms with van der Waals surface area (Å²) in [7, 11) is 0. The monoisotopic (exact) mass is 358 g/mol. The Balaban J connectivity index is 0.00000132. The van der Waals surface area contributed by atoms with E-state index in [-0.39, 0.29) is 42.0 Å². The zero-order valence-corrected chi connectivity index (χ0v) is 14.2. The van der Waals surface area contributed by atoms with Crippen LogP contribution in [0.2, 0.25) is 0 Å². The molecule has 3 rings (SSSR count). The maximum absolute atomic E-state index is 12.3. The summed E-state index contributed by atoms with van der Waals surface area (Å²) < 4.78 is 5.23. The van der Waals surface area contributed by atoms with Crippen molar-refractivity contribution in [1.29, 1.82) is 0 Å². The van der Waals surface area contributed by atoms with Crippen molar-refractivity contribution in [3.63, 3.8) is 0 Å². The van der Waals surface area contributed by atoms with Crippen molar-refractivity contribution in [2.24, 2.45) is 5.73 Å². The van der Waals surface area contributed by atoms with Crippen LogP contribution < -0.4 is 11.1 Å². The van der Waals surface area contributed by atoms with Gasteiger partial charge in [0.25, 0.3) is 5.91 Å². The number of hydrogen-bond acceptors (Lipinski definition) is 5. The quantitative estimate of drug-likeness (QED) is 0.875. The Bertz CT molecular complexity index is 627. The van der Waals surface area contributed by atoms with Crippen molar-refractivity contribution in [2.75, 3.05) is 6.54 Å². The number of carbonyl (C=O) groups excluding carboxylic acids is 1. The maximum Gasteiger partial charge on any atom is 0.273 e. The summed E-state index contributed by atoms with van der Waals surface area (Å²) in [5.41, 5.74) is 6.66. The Labute approximate surface area is 147 Å². The van der Waals surface area contributed by atoms with Gasteiger partial charge in [0, 0.05) is 30.6 Å². The fourth-order valence-electron chi connectivity index (χ4n) is 2.77. The molecule has 3 N–H and O–H groups in total. The van der Waals surface area contributed by atoms with Crippen LogP contribution in [0.4, 0.5) is 0 Å². The molecule has 0 unspecified atom stereocenters. The highest BCUT2D eigenvalue weighted by Gasteiger charge is 2.34. The minimum absolute atomic E-state index is 0. The van der Waals surface area contributed by atoms with E-state index < -0.39 is 0 Å². The molecule has 0 saturated heterocycles. The fraction of sp³-hybridized carbons (Fsp3) is 0.400. The third-order valence-corrected chi connectivity index (χ3v) is 4.04. The summed E-state index contributed by atoms with van der Waals surface area (Å²) in [6, 6.07) is 5.25. The second-order valence-electron chi connectivity index (χ2n) is 5.46. The van der Waals surface area contributed by atoms with Crippen molar-refractivity contribution in [2.45, 2.75) is 31.2 Å². The number of amides is 1. The lowest BCUT2D eigenvalue weighted by molar-refractivity contribution is 0.0894. The second-order valence-corrected chi connectivity index (χ2v) is 5.46. The van der Waals surface area contributed by atoms with Crippen LogP contribution in [-0.4, -0.2) is 28.1 Å². The van der Waals surface area contributed by atoms with Crippen molar-refractivity contribution in [3.05, 3.63) is 36.3 Å². The van der Waals surface area contributed by atoms with E-state index in [0.29, 0.717) is 12.3 Å². The van der Waals surface area contributed by atoms with Crippen LogP contribution >= 0.6 is 24.8 Å². The SMILES string of the molecule is Cl.Cl.NCC1(NC(=O)c2cc(-c3ccncc3)on2)CCCC1. The number of halogens is 2. The Hall–Kier alpha value is -1.63. The molecule has 1 aliphatic rings. The van der Waals surface area contributed by atoms with Crippen molar-refractivity contribution < 1.29 is 9.32 Å². The fourth-order valence-corrected chi connectivity index (χ4v) is 2.77. The van der Waals surface area contributed by atoms with Gasteiger partial charge in [-0.05, 0) is 25.0 Å². The van der Waals surface area contributed by atoms with E-state index in [1.807, 2.05) is 0 Å². The van der Waals surface area contributed by atoms with Crippen LogP contribution in [0.25, 0.3) is 11.3 Å². The lowest BCUT2D eigenvalue weighted by atomic mass is 9.97. The number of carbonyl (C=O) groups is 1. The van der Waals surface area contributed by atoms with Crippen molar-refractivity contribution >= 4 is 30.7 Å². The van der Waals surface area contributed by atoms with Gasteiger partial charge in [-0.3, -0.25) is 9.78 Å². The van der Waals surface area contributed by atoms with Gasteiger partial charge in [-0.15, -0.1) is 24.8 Å². The molecule has 0 bridgehead atoms. The first kappa shape index (κ1) is 19.4. The van der Waals surface area contributed by atoms with Gasteiger partial charge in [0.15, 0.2) is 11.5 Å². The highest BCUT2D eigenvalue weighted by molar-refractivity contribution is 5.93. The van der Waals surface area contributed by atoms with E-state index in [2.05, 4.69) is 15.5 Å². The number of pyridine rings is 1. The molecule has 2 aromatic rings. The first-order chi connectivity index (χ1) is 10.2. The molecule has 0 radical (unpaired) electrons. The van der Waals surface area contributed by atoms with Crippen LogP contribution in [0.15, 0.2) is 35.1 Å². The molecule has 6 nitrogen and oxygen atoms in total. The number of nitrogens with two attached hydrogens (primary N) is 1. The van der Waals surface area contributed by atoms with Gasteiger partial charge in [-0.1, -0.05) is 18.0 Å². The molecule has 0 aromatic carbocycles. The lowest BCUT2D eigenvalue weighted by Gasteiger charge is -2.28. The minimum atomic E-state index is -0.285. The standard InChI is InChI=1S/C15H18N4O2.2ClH/c16-10-15(5-1-2-6-15)18-14(20)12-9-13(21-19-12)11-3-7-17-8-4-11;;/h3-4,7-9H,1-2,5-6,10,16H2,(H,18,20);2*1H. The van der Waals surface area contributed by atoms with Crippen LogP contribution in [0.3, 0.4) is 0 Å². The summed E-state index contributed by atoms with van der Waals surface area (Å²) >= 11 is 0. The zero-order valence-electron chi connectivity index (χ0n) is 12.5. The lowest BCUT2D eigenvalue weighted by Crippen LogP contribution is -2.51. The molecule has 126 valence electrons. The van der Waals surface area contributed by atoms with Gasteiger partial charge in [-0.25, -0.2) is 0 Å². The Kier molecular flexibility index (Phi) is 7.00. The Morgan fingerprint density at radius 2 is 1.91 bits per heavy atom. The number of rotatable bonds is 4. The minimum Gasteiger partial charge on any atom is -0.355 e. The third-order valence-electron chi connectivity index (χ3n) is 4.04. The topological polar surface area (TPSA) is 94.0 Å². The number of nitrogens with one attached hydrogen (secondary N) is 1. The van der Waals surface area contributed by atoms with Gasteiger partial charge in [0.1, 0.15) is 0 Å². The van der Waals surface area contributed by atoms with Gasteiger partial charge < -0.3 is 15.6 Å². The number of hydrogen-bond donors (Lipinski definition) is 2. The molecular weight excluding hydrogens is 339 g/mol. The van der Waals surface area contributed by atoms with Gasteiger partial charge >= 0.3 is 0 Å².